The van der Waals surface area contributed by atoms with Crippen LogP contribution in [0.1, 0.15) is 27.7 Å². The van der Waals surface area contributed by atoms with Gasteiger partial charge in [-0.25, -0.2) is 0 Å². The Hall–Kier alpha value is 0.440. The monoisotopic (exact) mass is 214 g/mol. The quantitative estimate of drug-likeness (QED) is 0.521. The van der Waals surface area contributed by atoms with Crippen LogP contribution in [-0.4, -0.2) is 17.8 Å². The molecule has 0 aromatic heterocycles. The molecule has 0 atom stereocenters. The lowest BCUT2D eigenvalue weighted by atomic mass is 10.6. The first kappa shape index (κ1) is 12.4. The maximum atomic E-state index is 11.9. The number of hydrogen-bond acceptors (Lipinski definition) is 3. The number of rotatable bonds is 5. The van der Waals surface area contributed by atoms with Gasteiger partial charge in [-0.15, -0.1) is 11.6 Å². The number of alkyl halides is 1. The molecular formula is C7H16ClO3P. The van der Waals surface area contributed by atoms with Crippen LogP contribution in [0.4, 0.5) is 0 Å². The van der Waals surface area contributed by atoms with E-state index < -0.39 is 12.2 Å². The van der Waals surface area contributed by atoms with E-state index in [1.54, 1.807) is 27.7 Å². The summed E-state index contributed by atoms with van der Waals surface area (Å²) in [5.41, 5.74) is 0. The minimum absolute atomic E-state index is 0.341. The highest BCUT2D eigenvalue weighted by Gasteiger charge is 2.41. The van der Waals surface area contributed by atoms with Crippen molar-refractivity contribution < 1.29 is 13.6 Å². The van der Waals surface area contributed by atoms with Crippen LogP contribution < -0.4 is 0 Å². The second kappa shape index (κ2) is 4.61. The Morgan fingerprint density at radius 3 is 1.75 bits per heavy atom. The molecular weight excluding hydrogens is 199 g/mol. The van der Waals surface area contributed by atoms with Gasteiger partial charge in [-0.2, -0.15) is 0 Å². The molecule has 0 saturated carbocycles. The van der Waals surface area contributed by atoms with Crippen molar-refractivity contribution in [3.8, 4) is 0 Å². The summed E-state index contributed by atoms with van der Waals surface area (Å²) in [6.07, 6.45) is 0. The minimum atomic E-state index is -3.14. The molecule has 0 rings (SSSR count). The van der Waals surface area contributed by atoms with E-state index in [-0.39, 0.29) is 0 Å². The van der Waals surface area contributed by atoms with Crippen molar-refractivity contribution in [1.29, 1.82) is 0 Å². The predicted molar refractivity (Wildman–Crippen MR) is 50.8 cm³/mol. The molecule has 0 aliphatic carbocycles. The second-order valence-corrected chi connectivity index (χ2v) is 6.58. The van der Waals surface area contributed by atoms with E-state index in [4.69, 9.17) is 20.6 Å². The summed E-state index contributed by atoms with van der Waals surface area (Å²) in [6.45, 7) is 7.45. The van der Waals surface area contributed by atoms with Crippen molar-refractivity contribution in [2.75, 3.05) is 13.2 Å². The van der Waals surface area contributed by atoms with Crippen molar-refractivity contribution in [1.82, 2.24) is 0 Å². The molecule has 0 aromatic carbocycles. The molecule has 5 heteroatoms. The van der Waals surface area contributed by atoms with E-state index >= 15 is 0 Å². The van der Waals surface area contributed by atoms with Crippen LogP contribution in [0.5, 0.6) is 0 Å². The third-order valence-electron chi connectivity index (χ3n) is 1.25. The summed E-state index contributed by atoms with van der Waals surface area (Å²) >= 11 is 5.88. The molecule has 0 heterocycles. The van der Waals surface area contributed by atoms with Gasteiger partial charge in [0.1, 0.15) is 4.62 Å². The van der Waals surface area contributed by atoms with E-state index in [0.717, 1.165) is 0 Å². The highest BCUT2D eigenvalue weighted by Crippen LogP contribution is 2.61. The number of hydrogen-bond donors (Lipinski definition) is 0. The largest absolute Gasteiger partial charge is 0.350 e. The van der Waals surface area contributed by atoms with Crippen molar-refractivity contribution in [2.45, 2.75) is 32.3 Å². The van der Waals surface area contributed by atoms with Gasteiger partial charge in [0, 0.05) is 0 Å². The summed E-state index contributed by atoms with van der Waals surface area (Å²) in [5, 5.41) is 0. The highest BCUT2D eigenvalue weighted by atomic mass is 35.5. The topological polar surface area (TPSA) is 35.5 Å². The zero-order valence-electron chi connectivity index (χ0n) is 7.96. The van der Waals surface area contributed by atoms with Gasteiger partial charge in [0.15, 0.2) is 0 Å². The Bertz CT molecular complexity index is 166. The van der Waals surface area contributed by atoms with Crippen molar-refractivity contribution in [3.63, 3.8) is 0 Å². The van der Waals surface area contributed by atoms with Gasteiger partial charge < -0.3 is 9.05 Å². The van der Waals surface area contributed by atoms with Crippen molar-refractivity contribution in [2.24, 2.45) is 0 Å². The predicted octanol–water partition coefficient (Wildman–Crippen LogP) is 3.23. The lowest BCUT2D eigenvalue weighted by Gasteiger charge is -2.26. The fourth-order valence-electron chi connectivity index (χ4n) is 0.684. The third-order valence-corrected chi connectivity index (χ3v) is 4.37. The summed E-state index contributed by atoms with van der Waals surface area (Å²) in [4.78, 5) is 0. The van der Waals surface area contributed by atoms with Crippen molar-refractivity contribution in [3.05, 3.63) is 0 Å². The van der Waals surface area contributed by atoms with Crippen LogP contribution in [0.3, 0.4) is 0 Å². The van der Waals surface area contributed by atoms with Gasteiger partial charge in [0.05, 0.1) is 13.2 Å². The summed E-state index contributed by atoms with van der Waals surface area (Å²) < 4.78 is 21.0. The van der Waals surface area contributed by atoms with Crippen LogP contribution in [0.2, 0.25) is 0 Å². The van der Waals surface area contributed by atoms with Crippen LogP contribution in [0, 0.1) is 0 Å². The molecule has 0 saturated heterocycles. The molecule has 0 aliphatic heterocycles. The molecule has 0 radical (unpaired) electrons. The first-order valence-electron chi connectivity index (χ1n) is 3.95. The van der Waals surface area contributed by atoms with Crippen LogP contribution in [0.25, 0.3) is 0 Å². The van der Waals surface area contributed by atoms with Crippen LogP contribution >= 0.6 is 19.2 Å². The minimum Gasteiger partial charge on any atom is -0.308 e. The van der Waals surface area contributed by atoms with Crippen LogP contribution in [-0.2, 0) is 13.6 Å². The second-order valence-electron chi connectivity index (χ2n) is 2.74. The Labute approximate surface area is 78.9 Å². The standard InChI is InChI=1S/C7H16ClO3P/c1-5-10-12(9,11-6-2)7(3,4)8/h5-6H2,1-4H3. The van der Waals surface area contributed by atoms with E-state index in [1.165, 1.54) is 0 Å². The van der Waals surface area contributed by atoms with E-state index in [9.17, 15) is 4.57 Å². The molecule has 0 amide bonds. The van der Waals surface area contributed by atoms with Gasteiger partial charge in [0.2, 0.25) is 0 Å². The van der Waals surface area contributed by atoms with E-state index in [0.29, 0.717) is 13.2 Å². The van der Waals surface area contributed by atoms with E-state index in [1.807, 2.05) is 0 Å². The Morgan fingerprint density at radius 2 is 1.58 bits per heavy atom. The Morgan fingerprint density at radius 1 is 1.25 bits per heavy atom. The maximum Gasteiger partial charge on any atom is 0.350 e. The average molecular weight is 215 g/mol. The van der Waals surface area contributed by atoms with Crippen LogP contribution in [0.15, 0.2) is 0 Å². The lowest BCUT2D eigenvalue weighted by molar-refractivity contribution is 0.211. The highest BCUT2D eigenvalue weighted by molar-refractivity contribution is 7.57. The molecule has 0 fully saturated rings. The molecule has 74 valence electrons. The normalized spacial score (nSPS) is 13.4. The van der Waals surface area contributed by atoms with Gasteiger partial charge >= 0.3 is 7.60 Å². The van der Waals surface area contributed by atoms with E-state index in [2.05, 4.69) is 0 Å². The molecule has 0 unspecified atom stereocenters. The third kappa shape index (κ3) is 3.06. The first-order chi connectivity index (χ1) is 5.37. The average Bonchev–Trinajstić information content (AvgIpc) is 1.86. The first-order valence-corrected chi connectivity index (χ1v) is 5.87. The van der Waals surface area contributed by atoms with Gasteiger partial charge in [-0.1, -0.05) is 0 Å². The molecule has 0 aliphatic rings. The van der Waals surface area contributed by atoms with Gasteiger partial charge in [-0.05, 0) is 27.7 Å². The molecule has 0 bridgehead atoms. The lowest BCUT2D eigenvalue weighted by Crippen LogP contribution is -2.15. The fraction of sp³-hybridized carbons (Fsp3) is 1.00. The smallest absolute Gasteiger partial charge is 0.308 e. The summed E-state index contributed by atoms with van der Waals surface area (Å²) in [7, 11) is -3.14. The van der Waals surface area contributed by atoms with Gasteiger partial charge in [-0.3, -0.25) is 4.57 Å². The molecule has 3 nitrogen and oxygen atoms in total. The Kier molecular flexibility index (Phi) is 4.78. The van der Waals surface area contributed by atoms with Gasteiger partial charge in [0.25, 0.3) is 0 Å². The molecule has 0 aromatic rings. The number of halogens is 1. The molecule has 12 heavy (non-hydrogen) atoms. The Balaban J connectivity index is 4.51. The SMILES string of the molecule is CCOP(=O)(OCC)C(C)(C)Cl. The zero-order chi connectivity index (χ0) is 9.83. The maximum absolute atomic E-state index is 11.9. The zero-order valence-corrected chi connectivity index (χ0v) is 9.61. The summed E-state index contributed by atoms with van der Waals surface area (Å²) in [5.74, 6) is 0. The summed E-state index contributed by atoms with van der Waals surface area (Å²) in [6, 6.07) is 0. The molecule has 0 N–H and O–H groups in total. The van der Waals surface area contributed by atoms with Crippen molar-refractivity contribution >= 4 is 19.2 Å². The fourth-order valence-corrected chi connectivity index (χ4v) is 2.35. The molecule has 0 spiro atoms.